The van der Waals surface area contributed by atoms with Gasteiger partial charge >= 0.3 is 0 Å². The molecule has 4 aromatic rings. The van der Waals surface area contributed by atoms with Crippen molar-refractivity contribution >= 4 is 11.6 Å². The van der Waals surface area contributed by atoms with E-state index in [2.05, 4.69) is 60.7 Å². The first-order valence-electron chi connectivity index (χ1n) is 12.0. The van der Waals surface area contributed by atoms with Crippen LogP contribution in [0.4, 0.5) is 5.82 Å². The fourth-order valence-electron chi connectivity index (χ4n) is 5.48. The highest BCUT2D eigenvalue weighted by atomic mass is 16.1. The van der Waals surface area contributed by atoms with E-state index in [0.717, 1.165) is 40.1 Å². The quantitative estimate of drug-likeness (QED) is 0.391. The van der Waals surface area contributed by atoms with Gasteiger partial charge in [0.1, 0.15) is 5.82 Å². The molecule has 35 heavy (non-hydrogen) atoms. The number of carbonyl (C=O) groups is 1. The number of nitrogens with zero attached hydrogens (tertiary/aromatic N) is 1. The molecule has 5 nitrogen and oxygen atoms in total. The molecule has 1 aliphatic heterocycles. The summed E-state index contributed by atoms with van der Waals surface area (Å²) >= 11 is 0. The highest BCUT2D eigenvalue weighted by molar-refractivity contribution is 6.01. The van der Waals surface area contributed by atoms with Gasteiger partial charge in [-0.3, -0.25) is 14.7 Å². The average molecular weight is 462 g/mol. The molecule has 1 aromatic heterocycles. The van der Waals surface area contributed by atoms with Gasteiger partial charge in [0.25, 0.3) is 5.56 Å². The Balaban J connectivity index is 1.52. The van der Waals surface area contributed by atoms with E-state index in [-0.39, 0.29) is 16.8 Å². The monoisotopic (exact) mass is 461 g/mol. The van der Waals surface area contributed by atoms with Crippen molar-refractivity contribution in [1.29, 1.82) is 0 Å². The Morgan fingerprint density at radius 2 is 1.43 bits per heavy atom. The summed E-state index contributed by atoms with van der Waals surface area (Å²) in [6.45, 7) is 4.24. The van der Waals surface area contributed by atoms with Gasteiger partial charge in [-0.25, -0.2) is 4.68 Å². The number of aromatic amines is 1. The molecule has 2 aliphatic rings. The predicted octanol–water partition coefficient (Wildman–Crippen LogP) is 6.03. The summed E-state index contributed by atoms with van der Waals surface area (Å²) in [5, 5.41) is 6.71. The molecule has 2 heterocycles. The van der Waals surface area contributed by atoms with E-state index in [1.165, 1.54) is 0 Å². The Bertz CT molecular complexity index is 1510. The van der Waals surface area contributed by atoms with Crippen molar-refractivity contribution in [3.05, 3.63) is 118 Å². The van der Waals surface area contributed by atoms with Crippen LogP contribution in [-0.2, 0) is 4.79 Å². The highest BCUT2D eigenvalue weighted by Gasteiger charge is 2.42. The SMILES string of the molecule is CC1(C)CC(=O)C2=C(C1)Nc1[nH]n(-c3ccccc3)c(=O)c1[C@H]2c1ccc(-c2ccccc2)cc1. The normalized spacial score (nSPS) is 18.6. The second kappa shape index (κ2) is 7.98. The summed E-state index contributed by atoms with van der Waals surface area (Å²) in [6.07, 6.45) is 1.23. The maximum atomic E-state index is 13.8. The van der Waals surface area contributed by atoms with E-state index in [4.69, 9.17) is 0 Å². The van der Waals surface area contributed by atoms with Gasteiger partial charge in [0, 0.05) is 23.6 Å². The number of nitrogens with one attached hydrogen (secondary N) is 2. The van der Waals surface area contributed by atoms with Crippen LogP contribution in [0.25, 0.3) is 16.8 Å². The minimum atomic E-state index is -0.414. The molecule has 3 aromatic carbocycles. The number of ketones is 1. The molecular formula is C30H27N3O2. The lowest BCUT2D eigenvalue weighted by atomic mass is 9.69. The number of allylic oxidation sites excluding steroid dienone is 2. The van der Waals surface area contributed by atoms with Crippen LogP contribution in [0.3, 0.4) is 0 Å². The summed E-state index contributed by atoms with van der Waals surface area (Å²) in [4.78, 5) is 27.2. The Labute approximate surface area is 204 Å². The van der Waals surface area contributed by atoms with E-state index in [0.29, 0.717) is 17.8 Å². The third-order valence-corrected chi connectivity index (χ3v) is 7.07. The maximum absolute atomic E-state index is 13.8. The Hall–Kier alpha value is -4.12. The second-order valence-electron chi connectivity index (χ2n) is 10.3. The number of Topliss-reactive ketones (excluding diaryl/α,β-unsaturated/α-hetero) is 1. The third-order valence-electron chi connectivity index (χ3n) is 7.07. The van der Waals surface area contributed by atoms with Crippen molar-refractivity contribution in [1.82, 2.24) is 9.78 Å². The molecule has 174 valence electrons. The topological polar surface area (TPSA) is 66.9 Å². The van der Waals surface area contributed by atoms with Crippen molar-refractivity contribution in [2.75, 3.05) is 5.32 Å². The van der Waals surface area contributed by atoms with Crippen molar-refractivity contribution in [3.63, 3.8) is 0 Å². The number of hydrogen-bond donors (Lipinski definition) is 2. The largest absolute Gasteiger partial charge is 0.343 e. The average Bonchev–Trinajstić information content (AvgIpc) is 3.19. The third kappa shape index (κ3) is 3.64. The molecule has 0 unspecified atom stereocenters. The van der Waals surface area contributed by atoms with Crippen LogP contribution in [0.15, 0.2) is 101 Å². The zero-order chi connectivity index (χ0) is 24.2. The molecule has 0 amide bonds. The standard InChI is InChI=1S/C30H27N3O2/c1-30(2)17-23-26(24(34)18-30)25(21-15-13-20(14-16-21)19-9-5-3-6-10-19)27-28(31-23)32-33(29(27)35)22-11-7-4-8-12-22/h3-16,25,31-32H,17-18H2,1-2H3/t25-/m0/s1. The van der Waals surface area contributed by atoms with Gasteiger partial charge in [-0.05, 0) is 40.7 Å². The lowest BCUT2D eigenvalue weighted by Gasteiger charge is -2.37. The molecule has 1 aliphatic carbocycles. The summed E-state index contributed by atoms with van der Waals surface area (Å²) < 4.78 is 1.57. The first-order chi connectivity index (χ1) is 16.9. The van der Waals surface area contributed by atoms with E-state index >= 15 is 0 Å². The molecule has 0 spiro atoms. The van der Waals surface area contributed by atoms with E-state index in [9.17, 15) is 9.59 Å². The molecule has 6 rings (SSSR count). The van der Waals surface area contributed by atoms with Crippen LogP contribution in [0.2, 0.25) is 0 Å². The first kappa shape index (κ1) is 21.4. The van der Waals surface area contributed by atoms with Crippen LogP contribution in [-0.4, -0.2) is 15.6 Å². The molecule has 0 saturated heterocycles. The predicted molar refractivity (Wildman–Crippen MR) is 139 cm³/mol. The van der Waals surface area contributed by atoms with Crippen molar-refractivity contribution in [2.45, 2.75) is 32.6 Å². The zero-order valence-electron chi connectivity index (χ0n) is 19.8. The maximum Gasteiger partial charge on any atom is 0.277 e. The van der Waals surface area contributed by atoms with Crippen LogP contribution < -0.4 is 10.9 Å². The fourth-order valence-corrected chi connectivity index (χ4v) is 5.48. The molecule has 5 heteroatoms. The van der Waals surface area contributed by atoms with Gasteiger partial charge in [-0.15, -0.1) is 0 Å². The summed E-state index contributed by atoms with van der Waals surface area (Å²) in [7, 11) is 0. The highest BCUT2D eigenvalue weighted by Crippen LogP contribution is 2.48. The minimum absolute atomic E-state index is 0.110. The first-order valence-corrected chi connectivity index (χ1v) is 12.0. The number of anilines is 1. The lowest BCUT2D eigenvalue weighted by molar-refractivity contribution is -0.118. The van der Waals surface area contributed by atoms with Gasteiger partial charge in [0.15, 0.2) is 5.78 Å². The Kier molecular flexibility index (Phi) is 4.88. The summed E-state index contributed by atoms with van der Waals surface area (Å²) in [5.74, 6) is 0.363. The van der Waals surface area contributed by atoms with Crippen LogP contribution >= 0.6 is 0 Å². The number of fused-ring (bicyclic) bond motifs is 1. The van der Waals surface area contributed by atoms with Crippen molar-refractivity contribution < 1.29 is 4.79 Å². The van der Waals surface area contributed by atoms with Crippen LogP contribution in [0.5, 0.6) is 0 Å². The fraction of sp³-hybridized carbons (Fsp3) is 0.200. The van der Waals surface area contributed by atoms with Gasteiger partial charge in [0.05, 0.1) is 11.3 Å². The number of hydrogen-bond acceptors (Lipinski definition) is 3. The lowest BCUT2D eigenvalue weighted by Crippen LogP contribution is -2.35. The second-order valence-corrected chi connectivity index (χ2v) is 10.3. The van der Waals surface area contributed by atoms with E-state index in [1.54, 1.807) is 4.68 Å². The molecular weight excluding hydrogens is 434 g/mol. The van der Waals surface area contributed by atoms with E-state index in [1.807, 2.05) is 48.5 Å². The number of H-pyrrole nitrogens is 1. The number of aromatic nitrogens is 2. The van der Waals surface area contributed by atoms with Crippen molar-refractivity contribution in [2.24, 2.45) is 5.41 Å². The molecule has 0 saturated carbocycles. The Morgan fingerprint density at radius 1 is 0.800 bits per heavy atom. The molecule has 0 radical (unpaired) electrons. The van der Waals surface area contributed by atoms with E-state index < -0.39 is 5.92 Å². The minimum Gasteiger partial charge on any atom is -0.343 e. The van der Waals surface area contributed by atoms with Gasteiger partial charge < -0.3 is 5.32 Å². The number of benzene rings is 3. The van der Waals surface area contributed by atoms with Crippen molar-refractivity contribution in [3.8, 4) is 16.8 Å². The van der Waals surface area contributed by atoms with Gasteiger partial charge in [-0.1, -0.05) is 86.6 Å². The Morgan fingerprint density at radius 3 is 2.11 bits per heavy atom. The molecule has 2 N–H and O–H groups in total. The van der Waals surface area contributed by atoms with Gasteiger partial charge in [-0.2, -0.15) is 0 Å². The molecule has 0 bridgehead atoms. The number of para-hydroxylation sites is 1. The molecule has 1 atom stereocenters. The van der Waals surface area contributed by atoms with Crippen LogP contribution in [0, 0.1) is 5.41 Å². The summed E-state index contributed by atoms with van der Waals surface area (Å²) in [5.41, 5.74) is 5.90. The number of rotatable bonds is 3. The smallest absolute Gasteiger partial charge is 0.277 e. The van der Waals surface area contributed by atoms with Gasteiger partial charge in [0.2, 0.25) is 0 Å². The number of carbonyl (C=O) groups excluding carboxylic acids is 1. The zero-order valence-corrected chi connectivity index (χ0v) is 19.8. The van der Waals surface area contributed by atoms with Crippen LogP contribution in [0.1, 0.15) is 43.7 Å². The molecule has 0 fully saturated rings. The summed E-state index contributed by atoms with van der Waals surface area (Å²) in [6, 6.07) is 28.0.